The largest absolute Gasteiger partial charge is 0.296 e. The maximum absolute atomic E-state index is 12.4. The van der Waals surface area contributed by atoms with Gasteiger partial charge in [-0.1, -0.05) is 24.2 Å². The van der Waals surface area contributed by atoms with Crippen LogP contribution >= 0.6 is 11.3 Å². The molecule has 0 unspecified atom stereocenters. The van der Waals surface area contributed by atoms with E-state index in [4.69, 9.17) is 0 Å². The van der Waals surface area contributed by atoms with Crippen molar-refractivity contribution in [3.05, 3.63) is 41.2 Å². The summed E-state index contributed by atoms with van der Waals surface area (Å²) < 4.78 is 0. The highest BCUT2D eigenvalue weighted by molar-refractivity contribution is 7.15. The van der Waals surface area contributed by atoms with Crippen molar-refractivity contribution in [2.45, 2.75) is 31.6 Å². The molecule has 0 aliphatic heterocycles. The van der Waals surface area contributed by atoms with Gasteiger partial charge >= 0.3 is 0 Å². The standard InChI is InChI=1S/C16H15N5OS/c22-14(11-5-6-12-13(9-11)18-8-7-17-12)19-16-21-20-15(23-16)10-3-1-2-4-10/h5-10H,1-4H2,(H,19,21,22). The Bertz CT molecular complexity index is 856. The summed E-state index contributed by atoms with van der Waals surface area (Å²) in [6, 6.07) is 5.27. The monoisotopic (exact) mass is 325 g/mol. The first-order valence-electron chi connectivity index (χ1n) is 7.65. The minimum atomic E-state index is -0.202. The van der Waals surface area contributed by atoms with Crippen molar-refractivity contribution in [2.24, 2.45) is 0 Å². The van der Waals surface area contributed by atoms with Crippen LogP contribution in [0.1, 0.15) is 47.0 Å². The lowest BCUT2D eigenvalue weighted by molar-refractivity contribution is 0.102. The third-order valence-electron chi connectivity index (χ3n) is 4.10. The molecule has 4 rings (SSSR count). The second-order valence-corrected chi connectivity index (χ2v) is 6.65. The highest BCUT2D eigenvalue weighted by Gasteiger charge is 2.21. The van der Waals surface area contributed by atoms with Crippen LogP contribution in [0.25, 0.3) is 11.0 Å². The lowest BCUT2D eigenvalue weighted by Gasteiger charge is -2.03. The summed E-state index contributed by atoms with van der Waals surface area (Å²) in [5, 5.41) is 12.7. The van der Waals surface area contributed by atoms with Crippen LogP contribution in [0.4, 0.5) is 5.13 Å². The predicted molar refractivity (Wildman–Crippen MR) is 88.6 cm³/mol. The van der Waals surface area contributed by atoms with Gasteiger partial charge in [-0.2, -0.15) is 0 Å². The highest BCUT2D eigenvalue weighted by Crippen LogP contribution is 2.36. The van der Waals surface area contributed by atoms with Gasteiger partial charge in [0.05, 0.1) is 11.0 Å². The molecule has 1 fully saturated rings. The average Bonchev–Trinajstić information content (AvgIpc) is 3.25. The normalized spacial score (nSPS) is 15.1. The number of nitrogens with one attached hydrogen (secondary N) is 1. The fraction of sp³-hybridized carbons (Fsp3) is 0.312. The molecule has 0 bridgehead atoms. The number of nitrogens with zero attached hydrogens (tertiary/aromatic N) is 4. The molecule has 7 heteroatoms. The van der Waals surface area contributed by atoms with Gasteiger partial charge in [0.1, 0.15) is 5.01 Å². The molecule has 0 atom stereocenters. The zero-order valence-corrected chi connectivity index (χ0v) is 13.2. The molecule has 2 heterocycles. The van der Waals surface area contributed by atoms with Crippen molar-refractivity contribution < 1.29 is 4.79 Å². The smallest absolute Gasteiger partial charge is 0.257 e. The van der Waals surface area contributed by atoms with Crippen molar-refractivity contribution in [3.8, 4) is 0 Å². The molecule has 0 saturated heterocycles. The molecule has 1 saturated carbocycles. The summed E-state index contributed by atoms with van der Waals surface area (Å²) in [6.07, 6.45) is 8.10. The Hall–Kier alpha value is -2.41. The van der Waals surface area contributed by atoms with Crippen LogP contribution < -0.4 is 5.32 Å². The van der Waals surface area contributed by atoms with Crippen LogP contribution in [-0.4, -0.2) is 26.1 Å². The molecule has 23 heavy (non-hydrogen) atoms. The van der Waals surface area contributed by atoms with E-state index in [9.17, 15) is 4.79 Å². The maximum Gasteiger partial charge on any atom is 0.257 e. The molecule has 3 aromatic rings. The van der Waals surface area contributed by atoms with Gasteiger partial charge in [0, 0.05) is 23.9 Å². The minimum absolute atomic E-state index is 0.202. The molecule has 1 aliphatic carbocycles. The first-order chi connectivity index (χ1) is 11.3. The SMILES string of the molecule is O=C(Nc1nnc(C2CCCC2)s1)c1ccc2nccnc2c1. The lowest BCUT2D eigenvalue weighted by Crippen LogP contribution is -2.11. The highest BCUT2D eigenvalue weighted by atomic mass is 32.1. The summed E-state index contributed by atoms with van der Waals surface area (Å²) in [4.78, 5) is 20.8. The summed E-state index contributed by atoms with van der Waals surface area (Å²) in [7, 11) is 0. The molecular formula is C16H15N5OS. The lowest BCUT2D eigenvalue weighted by atomic mass is 10.1. The molecule has 0 spiro atoms. The molecule has 0 radical (unpaired) electrons. The van der Waals surface area contributed by atoms with E-state index in [0.717, 1.165) is 10.5 Å². The summed E-state index contributed by atoms with van der Waals surface area (Å²) in [5.74, 6) is 0.306. The first kappa shape index (κ1) is 14.2. The number of hydrogen-bond donors (Lipinski definition) is 1. The molecule has 1 amide bonds. The number of rotatable bonds is 3. The fourth-order valence-electron chi connectivity index (χ4n) is 2.90. The molecule has 1 aromatic carbocycles. The number of anilines is 1. The quantitative estimate of drug-likeness (QED) is 0.798. The first-order valence-corrected chi connectivity index (χ1v) is 8.47. The van der Waals surface area contributed by atoms with Crippen LogP contribution in [0.3, 0.4) is 0 Å². The van der Waals surface area contributed by atoms with Crippen LogP contribution in [0.5, 0.6) is 0 Å². The number of carbonyl (C=O) groups is 1. The molecule has 1 N–H and O–H groups in total. The van der Waals surface area contributed by atoms with E-state index < -0.39 is 0 Å². The summed E-state index contributed by atoms with van der Waals surface area (Å²) in [5.41, 5.74) is 2.00. The van der Waals surface area contributed by atoms with E-state index in [1.807, 2.05) is 0 Å². The van der Waals surface area contributed by atoms with E-state index in [-0.39, 0.29) is 5.91 Å². The molecule has 6 nitrogen and oxygen atoms in total. The second-order valence-electron chi connectivity index (χ2n) is 5.64. The van der Waals surface area contributed by atoms with Crippen molar-refractivity contribution in [1.82, 2.24) is 20.2 Å². The van der Waals surface area contributed by atoms with E-state index in [1.165, 1.54) is 37.0 Å². The minimum Gasteiger partial charge on any atom is -0.296 e. The van der Waals surface area contributed by atoms with Crippen LogP contribution in [-0.2, 0) is 0 Å². The molecule has 116 valence electrons. The number of hydrogen-bond acceptors (Lipinski definition) is 6. The van der Waals surface area contributed by atoms with Crippen molar-refractivity contribution in [3.63, 3.8) is 0 Å². The Balaban J connectivity index is 1.52. The van der Waals surface area contributed by atoms with Crippen LogP contribution in [0.15, 0.2) is 30.6 Å². The van der Waals surface area contributed by atoms with Crippen molar-refractivity contribution in [2.75, 3.05) is 5.32 Å². The van der Waals surface area contributed by atoms with E-state index in [2.05, 4.69) is 25.5 Å². The van der Waals surface area contributed by atoms with E-state index in [1.54, 1.807) is 30.6 Å². The Kier molecular flexibility index (Phi) is 3.70. The van der Waals surface area contributed by atoms with Gasteiger partial charge in [0.25, 0.3) is 5.91 Å². The number of fused-ring (bicyclic) bond motifs is 1. The van der Waals surface area contributed by atoms with Crippen molar-refractivity contribution >= 4 is 33.4 Å². The molecular weight excluding hydrogens is 310 g/mol. The Labute approximate surface area is 137 Å². The number of aromatic nitrogens is 4. The Morgan fingerprint density at radius 1 is 1.09 bits per heavy atom. The summed E-state index contributed by atoms with van der Waals surface area (Å²) in [6.45, 7) is 0. The summed E-state index contributed by atoms with van der Waals surface area (Å²) >= 11 is 1.47. The fourth-order valence-corrected chi connectivity index (χ4v) is 3.80. The number of carbonyl (C=O) groups excluding carboxylic acids is 1. The van der Waals surface area contributed by atoms with E-state index >= 15 is 0 Å². The van der Waals surface area contributed by atoms with Gasteiger partial charge in [-0.05, 0) is 31.0 Å². The van der Waals surface area contributed by atoms with Gasteiger partial charge < -0.3 is 0 Å². The Morgan fingerprint density at radius 3 is 2.70 bits per heavy atom. The van der Waals surface area contributed by atoms with E-state index in [0.29, 0.717) is 22.1 Å². The average molecular weight is 325 g/mol. The van der Waals surface area contributed by atoms with Gasteiger partial charge in [-0.3, -0.25) is 20.1 Å². The maximum atomic E-state index is 12.4. The third-order valence-corrected chi connectivity index (χ3v) is 5.10. The van der Waals surface area contributed by atoms with Crippen molar-refractivity contribution in [1.29, 1.82) is 0 Å². The zero-order valence-electron chi connectivity index (χ0n) is 12.4. The number of amides is 1. The molecule has 1 aliphatic rings. The topological polar surface area (TPSA) is 80.7 Å². The van der Waals surface area contributed by atoms with Gasteiger partial charge in [-0.25, -0.2) is 0 Å². The van der Waals surface area contributed by atoms with Crippen LogP contribution in [0, 0.1) is 0 Å². The van der Waals surface area contributed by atoms with Gasteiger partial charge in [0.15, 0.2) is 0 Å². The van der Waals surface area contributed by atoms with Gasteiger partial charge in [0.2, 0.25) is 5.13 Å². The van der Waals surface area contributed by atoms with Crippen LogP contribution in [0.2, 0.25) is 0 Å². The molecule has 2 aromatic heterocycles. The predicted octanol–water partition coefficient (Wildman–Crippen LogP) is 3.39. The zero-order chi connectivity index (χ0) is 15.6. The third kappa shape index (κ3) is 2.92. The van der Waals surface area contributed by atoms with Gasteiger partial charge in [-0.15, -0.1) is 10.2 Å². The second kappa shape index (κ2) is 6.00. The number of benzene rings is 1. The Morgan fingerprint density at radius 2 is 1.87 bits per heavy atom.